The number of H-pyrrole nitrogens is 1. The van der Waals surface area contributed by atoms with Gasteiger partial charge in [-0.05, 0) is 47.9 Å². The van der Waals surface area contributed by atoms with Crippen molar-refractivity contribution >= 4 is 37.7 Å². The largest absolute Gasteiger partial charge is 0.488 e. The van der Waals surface area contributed by atoms with Gasteiger partial charge in [-0.2, -0.15) is 0 Å². The molecule has 6 rings (SSSR count). The van der Waals surface area contributed by atoms with E-state index in [1.165, 1.54) is 71.6 Å². The third-order valence-corrected chi connectivity index (χ3v) is 7.23. The van der Waals surface area contributed by atoms with Crippen LogP contribution in [0.3, 0.4) is 0 Å². The number of alkyl halides is 4. The Hall–Kier alpha value is -7.11. The zero-order chi connectivity index (χ0) is 41.2. The number of nitrogens with one attached hydrogen (secondary N) is 1. The molecule has 3 heterocycles. The van der Waals surface area contributed by atoms with Gasteiger partial charge in [-0.15, -0.1) is 0 Å². The number of nitrogens with zero attached hydrogens (tertiary/aromatic N) is 2. The van der Waals surface area contributed by atoms with Crippen molar-refractivity contribution in [3.8, 4) is 11.4 Å². The highest BCUT2D eigenvalue weighted by Gasteiger charge is 2.12. The number of hydrogen-bond donors (Lipinski definition) is 3. The Labute approximate surface area is 322 Å². The molecule has 0 fully saturated rings. The maximum atomic E-state index is 12.6. The molecule has 3 N–H and O–H groups in total. The van der Waals surface area contributed by atoms with Crippen LogP contribution in [0.4, 0.5) is 17.6 Å². The number of carbonyl (C=O) groups is 4. The van der Waals surface area contributed by atoms with E-state index in [9.17, 15) is 51.1 Å². The fourth-order valence-corrected chi connectivity index (χ4v) is 4.46. The number of aromatic nitrogens is 3. The van der Waals surface area contributed by atoms with E-state index in [-0.39, 0.29) is 35.4 Å². The van der Waals surface area contributed by atoms with Crippen LogP contribution >= 0.6 is 0 Å². The zero-order valence-electron chi connectivity index (χ0n) is 28.8. The fraction of sp³-hybridized carbons (Fsp3) is 0.0750. The summed E-state index contributed by atoms with van der Waals surface area (Å²) in [5.74, 6) is 0. The van der Waals surface area contributed by atoms with Gasteiger partial charge in [0.15, 0.2) is 12.6 Å². The van der Waals surface area contributed by atoms with Gasteiger partial charge < -0.3 is 15.0 Å². The minimum atomic E-state index is -2.73. The van der Waals surface area contributed by atoms with Gasteiger partial charge in [0.25, 0.3) is 24.0 Å². The molecule has 12 nitrogen and oxygen atoms in total. The Morgan fingerprint density at radius 1 is 0.544 bits per heavy atom. The number of aldehydes is 4. The van der Waals surface area contributed by atoms with Crippen molar-refractivity contribution in [1.82, 2.24) is 14.1 Å². The molecule has 0 saturated heterocycles. The van der Waals surface area contributed by atoms with Gasteiger partial charge >= 0.3 is 7.12 Å². The summed E-state index contributed by atoms with van der Waals surface area (Å²) in [7, 11) is -1.50. The summed E-state index contributed by atoms with van der Waals surface area (Å²) in [5.41, 5.74) is 1.20. The summed E-state index contributed by atoms with van der Waals surface area (Å²) < 4.78 is 52.5. The average Bonchev–Trinajstić information content (AvgIpc) is 3.22. The first-order valence-electron chi connectivity index (χ1n) is 16.0. The maximum Gasteiger partial charge on any atom is 0.488 e. The highest BCUT2D eigenvalue weighted by molar-refractivity contribution is 6.58. The molecule has 0 spiro atoms. The summed E-state index contributed by atoms with van der Waals surface area (Å²) in [5, 5.41) is 17.4. The molecule has 0 amide bonds. The molecule has 3 aromatic heterocycles. The minimum Gasteiger partial charge on any atom is -0.423 e. The smallest absolute Gasteiger partial charge is 0.423 e. The van der Waals surface area contributed by atoms with E-state index in [4.69, 9.17) is 10.0 Å². The van der Waals surface area contributed by atoms with Crippen LogP contribution in [0, 0.1) is 0 Å². The first-order valence-corrected chi connectivity index (χ1v) is 16.0. The van der Waals surface area contributed by atoms with E-state index in [1.807, 2.05) is 0 Å². The van der Waals surface area contributed by atoms with Crippen molar-refractivity contribution in [1.29, 1.82) is 0 Å². The van der Waals surface area contributed by atoms with Crippen molar-refractivity contribution in [2.75, 3.05) is 0 Å². The van der Waals surface area contributed by atoms with Gasteiger partial charge in [-0.25, -0.2) is 17.6 Å². The Bertz CT molecular complexity index is 2430. The van der Waals surface area contributed by atoms with Crippen LogP contribution in [-0.4, -0.2) is 56.4 Å². The molecule has 17 heteroatoms. The second kappa shape index (κ2) is 23.0. The first-order chi connectivity index (χ1) is 26.8. The molecule has 6 aromatic rings. The van der Waals surface area contributed by atoms with Crippen molar-refractivity contribution in [3.05, 3.63) is 192 Å². The average molecular weight is 788 g/mol. The lowest BCUT2D eigenvalue weighted by atomic mass is 9.80. The van der Waals surface area contributed by atoms with Crippen LogP contribution in [-0.2, 0) is 0 Å². The van der Waals surface area contributed by atoms with Crippen molar-refractivity contribution < 1.29 is 46.8 Å². The molecule has 57 heavy (non-hydrogen) atoms. The summed E-state index contributed by atoms with van der Waals surface area (Å²) in [6, 6.07) is 25.4. The van der Waals surface area contributed by atoms with Crippen LogP contribution in [0.5, 0.6) is 0 Å². The van der Waals surface area contributed by atoms with E-state index in [1.54, 1.807) is 36.4 Å². The van der Waals surface area contributed by atoms with Gasteiger partial charge in [0, 0.05) is 81.5 Å². The molecule has 0 saturated carbocycles. The summed E-state index contributed by atoms with van der Waals surface area (Å²) in [6.07, 6.45) is 1.06. The molecule has 0 radical (unpaired) electrons. The number of carbonyl (C=O) groups excluding carboxylic acids is 4. The zero-order valence-corrected chi connectivity index (χ0v) is 28.8. The van der Waals surface area contributed by atoms with Crippen molar-refractivity contribution in [2.24, 2.45) is 0 Å². The molecule has 3 aromatic carbocycles. The van der Waals surface area contributed by atoms with E-state index in [0.717, 1.165) is 29.0 Å². The second-order valence-electron chi connectivity index (χ2n) is 11.1. The van der Waals surface area contributed by atoms with Gasteiger partial charge in [0.2, 0.25) is 5.56 Å². The third-order valence-electron chi connectivity index (χ3n) is 7.23. The standard InChI is InChI=1S/C13H9F4NO.C13H9NO3.C7H7BO3.C6H5NO2.CH4/c14-12(15)8-2-1-3-10(6-8)18-7-9(13(16)17)4-5-11(18)19;15-8-10-2-1-3-12(6-10)14-7-11(9-16)4-5-13(14)17;9-5-6-2-1-3-7(4-6)8(10)11;8-4-5-1-2-6(9)7-3-5;/h1-7,12-13H;1-9H;1-5,10-11H;1-4H,(H,7,9);1H4. The molecular formula is C40H34BF4N3O9. The Morgan fingerprint density at radius 2 is 1.05 bits per heavy atom. The maximum absolute atomic E-state index is 12.6. The Balaban J connectivity index is 0.000000271. The van der Waals surface area contributed by atoms with Crippen LogP contribution in [0.1, 0.15) is 72.8 Å². The summed E-state index contributed by atoms with van der Waals surface area (Å²) in [4.78, 5) is 77.5. The highest BCUT2D eigenvalue weighted by Crippen LogP contribution is 2.22. The lowest BCUT2D eigenvalue weighted by molar-refractivity contribution is 0.111. The van der Waals surface area contributed by atoms with Crippen LogP contribution in [0.15, 0.2) is 142 Å². The molecule has 294 valence electrons. The van der Waals surface area contributed by atoms with E-state index in [2.05, 4.69) is 4.98 Å². The molecule has 0 aliphatic carbocycles. The molecule has 0 aliphatic rings. The molecule has 0 bridgehead atoms. The van der Waals surface area contributed by atoms with E-state index < -0.39 is 25.5 Å². The van der Waals surface area contributed by atoms with E-state index in [0.29, 0.717) is 58.5 Å². The quantitative estimate of drug-likeness (QED) is 0.101. The SMILES string of the molecule is C.O=Cc1ccc(=O)[nH]c1.O=Cc1cccc(-n2cc(C=O)ccc2=O)c1.O=Cc1cccc(B(O)O)c1.O=c1ccc(C(F)F)cn1-c1cccc(C(F)F)c1. The topological polar surface area (TPSA) is 186 Å². The Kier molecular flexibility index (Phi) is 18.5. The van der Waals surface area contributed by atoms with Gasteiger partial charge in [0.1, 0.15) is 12.6 Å². The second-order valence-corrected chi connectivity index (χ2v) is 11.1. The molecular weight excluding hydrogens is 753 g/mol. The van der Waals surface area contributed by atoms with Gasteiger partial charge in [0.05, 0.1) is 0 Å². The molecule has 0 aliphatic heterocycles. The van der Waals surface area contributed by atoms with Crippen LogP contribution < -0.4 is 22.1 Å². The van der Waals surface area contributed by atoms with Crippen LogP contribution in [0.2, 0.25) is 0 Å². The van der Waals surface area contributed by atoms with E-state index >= 15 is 0 Å². The lowest BCUT2D eigenvalue weighted by Crippen LogP contribution is -2.29. The van der Waals surface area contributed by atoms with Crippen molar-refractivity contribution in [2.45, 2.75) is 20.3 Å². The predicted molar refractivity (Wildman–Crippen MR) is 206 cm³/mol. The fourth-order valence-electron chi connectivity index (χ4n) is 4.46. The molecule has 0 atom stereocenters. The summed E-state index contributed by atoms with van der Waals surface area (Å²) in [6.45, 7) is 0. The summed E-state index contributed by atoms with van der Waals surface area (Å²) >= 11 is 0. The lowest BCUT2D eigenvalue weighted by Gasteiger charge is -2.09. The van der Waals surface area contributed by atoms with Crippen molar-refractivity contribution in [3.63, 3.8) is 0 Å². The number of aromatic amines is 1. The molecule has 0 unspecified atom stereocenters. The van der Waals surface area contributed by atoms with Gasteiger partial charge in [-0.1, -0.05) is 56.0 Å². The normalized spacial score (nSPS) is 9.89. The third kappa shape index (κ3) is 14.2. The Morgan fingerprint density at radius 3 is 1.60 bits per heavy atom. The minimum absolute atomic E-state index is 0. The monoisotopic (exact) mass is 787 g/mol. The first kappa shape index (κ1) is 46.1. The number of pyridine rings is 3. The number of benzene rings is 3. The number of rotatable bonds is 9. The van der Waals surface area contributed by atoms with Crippen LogP contribution in [0.25, 0.3) is 11.4 Å². The predicted octanol–water partition coefficient (Wildman–Crippen LogP) is 5.18. The van der Waals surface area contributed by atoms with Gasteiger partial charge in [-0.3, -0.25) is 42.7 Å². The number of hydrogen-bond acceptors (Lipinski definition) is 9. The number of halogens is 4. The highest BCUT2D eigenvalue weighted by atomic mass is 19.3.